The Morgan fingerprint density at radius 3 is 1.05 bits per heavy atom. The van der Waals surface area contributed by atoms with Crippen LogP contribution in [0.4, 0.5) is 72.6 Å². The van der Waals surface area contributed by atoms with Gasteiger partial charge in [-0.2, -0.15) is 0 Å². The van der Waals surface area contributed by atoms with Gasteiger partial charge in [0, 0.05) is 125 Å². The lowest BCUT2D eigenvalue weighted by Gasteiger charge is -2.30. The van der Waals surface area contributed by atoms with Crippen molar-refractivity contribution in [3.63, 3.8) is 0 Å². The van der Waals surface area contributed by atoms with Crippen LogP contribution in [0.1, 0.15) is 25.0 Å². The van der Waals surface area contributed by atoms with Crippen LogP contribution in [0.25, 0.3) is 128 Å². The SMILES string of the molecule is CC1(C)c2ccccc2-c2ccc(N(c3ccc4c(c3)c3ccccc3c3c5ccc(N(c6ccccc6)c6ccc([Si](C)(C)C)cc6)cc5sc43)c3ccccc3-c3ccccc3)cc21.C[Si](C)(C)c1ccc(N(c2ccccc2)c2ccc3c(c2)sc2c4ccc(N(c5ccccc5)c5c(F)cc(-c6ccccc6)cc5-c5ccccc5)cc4c4ccccc4c32)cc1. The third kappa shape index (κ3) is 14.5. The Labute approximate surface area is 769 Å². The van der Waals surface area contributed by atoms with E-state index < -0.39 is 16.1 Å². The van der Waals surface area contributed by atoms with Crippen molar-refractivity contribution in [1.82, 2.24) is 0 Å². The van der Waals surface area contributed by atoms with Gasteiger partial charge in [0.1, 0.15) is 5.82 Å². The molecule has 0 fully saturated rings. The minimum Gasteiger partial charge on any atom is -0.310 e. The molecule has 626 valence electrons. The Morgan fingerprint density at radius 2 is 0.577 bits per heavy atom. The summed E-state index contributed by atoms with van der Waals surface area (Å²) in [6.45, 7) is 19.2. The number of hydrogen-bond acceptors (Lipinski definition) is 6. The highest BCUT2D eigenvalue weighted by molar-refractivity contribution is 7.27. The minimum absolute atomic E-state index is 0.130. The maximum absolute atomic E-state index is 17.3. The number of fused-ring (bicyclic) bond motifs is 19. The number of para-hydroxylation sites is 4. The lowest BCUT2D eigenvalue weighted by molar-refractivity contribution is 0.630. The second-order valence-corrected chi connectivity index (χ2v) is 49.1. The molecule has 1 aliphatic rings. The third-order valence-corrected chi connectivity index (χ3v) is 32.9. The van der Waals surface area contributed by atoms with Crippen molar-refractivity contribution >= 4 is 201 Å². The van der Waals surface area contributed by atoms with E-state index in [-0.39, 0.29) is 11.2 Å². The van der Waals surface area contributed by atoms with E-state index in [1.165, 1.54) is 127 Å². The highest BCUT2D eigenvalue weighted by Gasteiger charge is 2.37. The number of benzene rings is 20. The lowest BCUT2D eigenvalue weighted by atomic mass is 9.82. The van der Waals surface area contributed by atoms with Gasteiger partial charge in [0.15, 0.2) is 0 Å². The van der Waals surface area contributed by atoms with Gasteiger partial charge in [0.05, 0.1) is 27.5 Å². The van der Waals surface area contributed by atoms with Gasteiger partial charge in [-0.1, -0.05) is 355 Å². The Hall–Kier alpha value is -14.6. The summed E-state index contributed by atoms with van der Waals surface area (Å²) in [5.74, 6) is -0.290. The average molecular weight is 1740 g/mol. The van der Waals surface area contributed by atoms with Crippen molar-refractivity contribution in [3.8, 4) is 44.5 Å². The summed E-state index contributed by atoms with van der Waals surface area (Å²) < 4.78 is 22.4. The van der Waals surface area contributed by atoms with Gasteiger partial charge in [0.2, 0.25) is 0 Å². The fourth-order valence-corrected chi connectivity index (χ4v) is 24.8. The summed E-state index contributed by atoms with van der Waals surface area (Å²) >= 11 is 3.76. The third-order valence-electron chi connectivity index (χ3n) is 26.4. The number of anilines is 12. The number of rotatable bonds is 17. The van der Waals surface area contributed by atoms with E-state index in [0.29, 0.717) is 5.69 Å². The molecular formula is C121H95FN4S2Si2. The van der Waals surface area contributed by atoms with E-state index in [0.717, 1.165) is 84.5 Å². The van der Waals surface area contributed by atoms with Crippen molar-refractivity contribution in [1.29, 1.82) is 0 Å². The van der Waals surface area contributed by atoms with Crippen LogP contribution in [0, 0.1) is 5.82 Å². The predicted octanol–water partition coefficient (Wildman–Crippen LogP) is 35.1. The predicted molar refractivity (Wildman–Crippen MR) is 567 cm³/mol. The van der Waals surface area contributed by atoms with Gasteiger partial charge >= 0.3 is 0 Å². The summed E-state index contributed by atoms with van der Waals surface area (Å²) in [5.41, 5.74) is 23.8. The molecule has 0 spiro atoms. The molecule has 9 heteroatoms. The van der Waals surface area contributed by atoms with E-state index in [4.69, 9.17) is 0 Å². The molecule has 4 nitrogen and oxygen atoms in total. The zero-order valence-electron chi connectivity index (χ0n) is 74.0. The maximum atomic E-state index is 17.3. The molecule has 0 unspecified atom stereocenters. The zero-order chi connectivity index (χ0) is 88.1. The largest absolute Gasteiger partial charge is 0.310 e. The first-order chi connectivity index (χ1) is 63.4. The van der Waals surface area contributed by atoms with Crippen molar-refractivity contribution in [2.75, 3.05) is 19.6 Å². The molecule has 0 bridgehead atoms. The highest BCUT2D eigenvalue weighted by Crippen LogP contribution is 2.55. The molecule has 20 aromatic carbocycles. The second kappa shape index (κ2) is 32.9. The first-order valence-corrected chi connectivity index (χ1v) is 53.6. The van der Waals surface area contributed by atoms with Crippen molar-refractivity contribution in [3.05, 3.63) is 448 Å². The highest BCUT2D eigenvalue weighted by atomic mass is 32.1. The van der Waals surface area contributed by atoms with Crippen LogP contribution in [0.5, 0.6) is 0 Å². The van der Waals surface area contributed by atoms with Crippen LogP contribution in [0.3, 0.4) is 0 Å². The molecule has 2 aromatic heterocycles. The standard InChI is InChI=1S/C62H50N2SSi.C59H45FN2SSi/c1-62(2)56-26-16-14-24-50(56)51-35-30-45(39-57(51)62)64(58-27-17-15-22-48(58)41-18-8-6-9-19-41)44-31-36-53-55(38-44)49-23-12-13-25-52(49)60-54-37-32-46(40-59(54)65-61(53)60)63(42-20-10-7-11-21-42)43-28-33-47(34-29-43)66(3,4)5;1-64(2,3)48-32-28-45(29-33-48)61(43-22-12-6-13-23-43)47-31-35-52-56(39-47)63-59-51-34-30-46(38-54(51)49-26-16-17-27-50(49)57(52)59)62(44-24-14-7-15-25-44)58-53(41-20-10-5-11-21-41)36-42(37-55(58)60)40-18-8-4-9-19-40/h6-40H,1-5H3;4-39H,1-3H3. The van der Waals surface area contributed by atoms with E-state index in [1.807, 2.05) is 89.4 Å². The summed E-state index contributed by atoms with van der Waals surface area (Å²) in [6.07, 6.45) is 0. The molecule has 130 heavy (non-hydrogen) atoms. The molecule has 0 saturated heterocycles. The summed E-state index contributed by atoms with van der Waals surface area (Å²) in [7, 11) is -2.92. The summed E-state index contributed by atoms with van der Waals surface area (Å²) in [5, 5.41) is 17.8. The van der Waals surface area contributed by atoms with E-state index in [2.05, 4.69) is 431 Å². The molecule has 0 aliphatic heterocycles. The molecular weight excluding hydrogens is 1650 g/mol. The summed E-state index contributed by atoms with van der Waals surface area (Å²) in [4.78, 5) is 9.36. The molecule has 0 saturated carbocycles. The first kappa shape index (κ1) is 81.2. The molecule has 0 radical (unpaired) electrons. The van der Waals surface area contributed by atoms with E-state index in [9.17, 15) is 0 Å². The van der Waals surface area contributed by atoms with Crippen molar-refractivity contribution in [2.24, 2.45) is 0 Å². The van der Waals surface area contributed by atoms with Crippen LogP contribution < -0.4 is 30.0 Å². The van der Waals surface area contributed by atoms with Gasteiger partial charge in [-0.15, -0.1) is 22.7 Å². The topological polar surface area (TPSA) is 13.0 Å². The fourth-order valence-electron chi connectivity index (χ4n) is 19.9. The molecule has 1 aliphatic carbocycles. The number of nitrogens with zero attached hydrogens (tertiary/aromatic N) is 4. The monoisotopic (exact) mass is 1740 g/mol. The van der Waals surface area contributed by atoms with Crippen LogP contribution >= 0.6 is 22.7 Å². The van der Waals surface area contributed by atoms with Crippen molar-refractivity contribution in [2.45, 2.75) is 58.5 Å². The Bertz CT molecular complexity index is 8090. The Morgan fingerprint density at radius 1 is 0.231 bits per heavy atom. The molecule has 2 heterocycles. The van der Waals surface area contributed by atoms with Gasteiger partial charge < -0.3 is 19.6 Å². The van der Waals surface area contributed by atoms with Crippen LogP contribution in [-0.2, 0) is 5.41 Å². The van der Waals surface area contributed by atoms with E-state index in [1.54, 1.807) is 6.07 Å². The second-order valence-electron chi connectivity index (χ2n) is 36.8. The first-order valence-electron chi connectivity index (χ1n) is 44.9. The number of thiophene rings is 2. The normalized spacial score (nSPS) is 12.4. The number of halogens is 1. The molecule has 22 aromatic rings. The molecule has 0 atom stereocenters. The van der Waals surface area contributed by atoms with Gasteiger partial charge in [-0.05, 0) is 216 Å². The van der Waals surface area contributed by atoms with Gasteiger partial charge in [0.25, 0.3) is 0 Å². The van der Waals surface area contributed by atoms with Crippen LogP contribution in [0.15, 0.2) is 431 Å². The smallest absolute Gasteiger partial charge is 0.148 e. The minimum atomic E-state index is -1.46. The molecule has 23 rings (SSSR count). The molecule has 0 N–H and O–H groups in total. The fraction of sp³-hybridized carbons (Fsp3) is 0.0744. The molecule has 0 amide bonds. The summed E-state index contributed by atoms with van der Waals surface area (Å²) in [6, 6.07) is 156. The quantitative estimate of drug-likeness (QED) is 0.0665. The van der Waals surface area contributed by atoms with Crippen LogP contribution in [-0.4, -0.2) is 16.1 Å². The Kier molecular flexibility index (Phi) is 20.6. The lowest BCUT2D eigenvalue weighted by Crippen LogP contribution is -2.37. The average Bonchev–Trinajstić information content (AvgIpc) is 1.62. The van der Waals surface area contributed by atoms with Crippen LogP contribution in [0.2, 0.25) is 39.3 Å². The van der Waals surface area contributed by atoms with Crippen molar-refractivity contribution < 1.29 is 4.39 Å². The maximum Gasteiger partial charge on any atom is 0.148 e. The zero-order valence-corrected chi connectivity index (χ0v) is 77.6. The van der Waals surface area contributed by atoms with Gasteiger partial charge in [-0.3, -0.25) is 0 Å². The Balaban J connectivity index is 0.000000153. The van der Waals surface area contributed by atoms with Gasteiger partial charge in [-0.25, -0.2) is 4.39 Å². The van der Waals surface area contributed by atoms with E-state index >= 15 is 4.39 Å². The number of hydrogen-bond donors (Lipinski definition) is 0.